The van der Waals surface area contributed by atoms with Gasteiger partial charge in [-0.3, -0.25) is 0 Å². The van der Waals surface area contributed by atoms with Crippen LogP contribution in [0, 0.1) is 11.3 Å². The quantitative estimate of drug-likeness (QED) is 0.661. The molecule has 3 fully saturated rings. The van der Waals surface area contributed by atoms with Crippen molar-refractivity contribution in [3.05, 3.63) is 0 Å². The van der Waals surface area contributed by atoms with E-state index in [0.29, 0.717) is 5.41 Å². The Kier molecular flexibility index (Phi) is 2.73. The molecule has 2 atom stereocenters. The van der Waals surface area contributed by atoms with Gasteiger partial charge in [0, 0.05) is 11.5 Å². The van der Waals surface area contributed by atoms with Crippen molar-refractivity contribution in [2.24, 2.45) is 11.3 Å². The van der Waals surface area contributed by atoms with Gasteiger partial charge in [0.25, 0.3) is 0 Å². The Labute approximate surface area is 92.8 Å². The fourth-order valence-electron chi connectivity index (χ4n) is 4.07. The van der Waals surface area contributed by atoms with E-state index in [1.54, 1.807) is 0 Å². The third-order valence-electron chi connectivity index (χ3n) is 4.82. The van der Waals surface area contributed by atoms with Crippen molar-refractivity contribution < 1.29 is 4.74 Å². The summed E-state index contributed by atoms with van der Waals surface area (Å²) in [7, 11) is 0. The van der Waals surface area contributed by atoms with E-state index >= 15 is 0 Å². The summed E-state index contributed by atoms with van der Waals surface area (Å²) in [6.07, 6.45) is 9.84. The van der Waals surface area contributed by atoms with E-state index < -0.39 is 0 Å². The fraction of sp³-hybridized carbons (Fsp3) is 1.00. The SMILES string of the molecule is C1CCC2(CC1)COCC1CCCNC12. The minimum absolute atomic E-state index is 0.515. The number of ether oxygens (including phenoxy) is 1. The van der Waals surface area contributed by atoms with Gasteiger partial charge < -0.3 is 10.1 Å². The van der Waals surface area contributed by atoms with Crippen LogP contribution in [0.3, 0.4) is 0 Å². The van der Waals surface area contributed by atoms with Gasteiger partial charge in [-0.15, -0.1) is 0 Å². The predicted molar refractivity (Wildman–Crippen MR) is 60.9 cm³/mol. The highest BCUT2D eigenvalue weighted by atomic mass is 16.5. The zero-order valence-electron chi connectivity index (χ0n) is 9.63. The van der Waals surface area contributed by atoms with Gasteiger partial charge in [0.2, 0.25) is 0 Å². The van der Waals surface area contributed by atoms with Crippen LogP contribution in [0.2, 0.25) is 0 Å². The third kappa shape index (κ3) is 1.72. The fourth-order valence-corrected chi connectivity index (χ4v) is 4.07. The molecule has 0 aromatic rings. The largest absolute Gasteiger partial charge is 0.380 e. The normalized spacial score (nSPS) is 40.0. The highest BCUT2D eigenvalue weighted by Gasteiger charge is 2.47. The van der Waals surface area contributed by atoms with Crippen molar-refractivity contribution in [1.82, 2.24) is 5.32 Å². The molecule has 2 aliphatic heterocycles. The van der Waals surface area contributed by atoms with Crippen LogP contribution < -0.4 is 5.32 Å². The Morgan fingerprint density at radius 3 is 2.80 bits per heavy atom. The van der Waals surface area contributed by atoms with Gasteiger partial charge in [0.15, 0.2) is 0 Å². The topological polar surface area (TPSA) is 21.3 Å². The van der Waals surface area contributed by atoms with Gasteiger partial charge in [-0.05, 0) is 38.1 Å². The number of fused-ring (bicyclic) bond motifs is 2. The second-order valence-corrected chi connectivity index (χ2v) is 5.77. The first-order valence-corrected chi connectivity index (χ1v) is 6.72. The van der Waals surface area contributed by atoms with Crippen LogP contribution in [0.15, 0.2) is 0 Å². The molecule has 2 saturated heterocycles. The standard InChI is InChI=1S/C13H23NO/c1-2-6-13(7-3-1)10-15-9-11-5-4-8-14-12(11)13/h11-12,14H,1-10H2. The van der Waals surface area contributed by atoms with Crippen LogP contribution in [0.1, 0.15) is 44.9 Å². The first kappa shape index (κ1) is 10.1. The number of hydrogen-bond donors (Lipinski definition) is 1. The van der Waals surface area contributed by atoms with E-state index in [2.05, 4.69) is 5.32 Å². The van der Waals surface area contributed by atoms with Crippen LogP contribution in [0.4, 0.5) is 0 Å². The molecule has 1 spiro atoms. The van der Waals surface area contributed by atoms with E-state index in [0.717, 1.165) is 25.2 Å². The summed E-state index contributed by atoms with van der Waals surface area (Å²) < 4.78 is 5.89. The average molecular weight is 209 g/mol. The molecule has 2 heteroatoms. The Balaban J connectivity index is 1.79. The van der Waals surface area contributed by atoms with Gasteiger partial charge in [0.1, 0.15) is 0 Å². The van der Waals surface area contributed by atoms with E-state index in [-0.39, 0.29) is 0 Å². The average Bonchev–Trinajstić information content (AvgIpc) is 2.31. The molecule has 1 saturated carbocycles. The summed E-state index contributed by atoms with van der Waals surface area (Å²) in [6, 6.07) is 0.778. The number of hydrogen-bond acceptors (Lipinski definition) is 2. The molecule has 0 aromatic heterocycles. The summed E-state index contributed by atoms with van der Waals surface area (Å²) in [6.45, 7) is 3.28. The molecule has 0 aromatic carbocycles. The first-order valence-electron chi connectivity index (χ1n) is 6.72. The molecule has 15 heavy (non-hydrogen) atoms. The second-order valence-electron chi connectivity index (χ2n) is 5.77. The molecule has 1 aliphatic carbocycles. The maximum Gasteiger partial charge on any atom is 0.0537 e. The predicted octanol–water partition coefficient (Wildman–Crippen LogP) is 2.34. The lowest BCUT2D eigenvalue weighted by molar-refractivity contribution is -0.0959. The first-order chi connectivity index (χ1) is 7.41. The molecule has 0 radical (unpaired) electrons. The molecule has 2 nitrogen and oxygen atoms in total. The van der Waals surface area contributed by atoms with E-state index in [4.69, 9.17) is 4.74 Å². The lowest BCUT2D eigenvalue weighted by Crippen LogP contribution is -2.59. The maximum atomic E-state index is 5.89. The van der Waals surface area contributed by atoms with E-state index in [1.165, 1.54) is 51.5 Å². The zero-order valence-corrected chi connectivity index (χ0v) is 9.63. The molecular weight excluding hydrogens is 186 g/mol. The smallest absolute Gasteiger partial charge is 0.0537 e. The lowest BCUT2D eigenvalue weighted by atomic mass is 9.63. The second kappa shape index (κ2) is 4.06. The summed E-state index contributed by atoms with van der Waals surface area (Å²) in [5.74, 6) is 0.811. The number of piperidine rings is 1. The molecular formula is C13H23NO. The summed E-state index contributed by atoms with van der Waals surface area (Å²) in [5, 5.41) is 3.80. The Bertz CT molecular complexity index is 215. The van der Waals surface area contributed by atoms with Crippen LogP contribution in [-0.2, 0) is 4.74 Å². The summed E-state index contributed by atoms with van der Waals surface area (Å²) in [4.78, 5) is 0. The lowest BCUT2D eigenvalue weighted by Gasteiger charge is -2.52. The highest BCUT2D eigenvalue weighted by molar-refractivity contribution is 5.00. The minimum atomic E-state index is 0.515. The maximum absolute atomic E-state index is 5.89. The molecule has 2 heterocycles. The van der Waals surface area contributed by atoms with Gasteiger partial charge in [0.05, 0.1) is 13.2 Å². The summed E-state index contributed by atoms with van der Waals surface area (Å²) in [5.41, 5.74) is 0.515. The number of rotatable bonds is 0. The van der Waals surface area contributed by atoms with Crippen molar-refractivity contribution in [3.8, 4) is 0 Å². The van der Waals surface area contributed by atoms with E-state index in [9.17, 15) is 0 Å². The molecule has 0 amide bonds. The van der Waals surface area contributed by atoms with Crippen molar-refractivity contribution in [2.45, 2.75) is 51.0 Å². The molecule has 3 aliphatic rings. The molecule has 0 bridgehead atoms. The molecule has 86 valence electrons. The van der Waals surface area contributed by atoms with Crippen molar-refractivity contribution in [2.75, 3.05) is 19.8 Å². The van der Waals surface area contributed by atoms with Crippen LogP contribution >= 0.6 is 0 Å². The Hall–Kier alpha value is -0.0800. The highest BCUT2D eigenvalue weighted by Crippen LogP contribution is 2.46. The number of nitrogens with one attached hydrogen (secondary N) is 1. The van der Waals surface area contributed by atoms with Crippen molar-refractivity contribution in [3.63, 3.8) is 0 Å². The Morgan fingerprint density at radius 2 is 1.93 bits per heavy atom. The van der Waals surface area contributed by atoms with Crippen molar-refractivity contribution in [1.29, 1.82) is 0 Å². The molecule has 1 N–H and O–H groups in total. The molecule has 3 rings (SSSR count). The molecule has 2 unspecified atom stereocenters. The van der Waals surface area contributed by atoms with Gasteiger partial charge in [-0.2, -0.15) is 0 Å². The van der Waals surface area contributed by atoms with Crippen molar-refractivity contribution >= 4 is 0 Å². The minimum Gasteiger partial charge on any atom is -0.380 e. The summed E-state index contributed by atoms with van der Waals surface area (Å²) >= 11 is 0. The zero-order chi connectivity index (χ0) is 10.1. The van der Waals surface area contributed by atoms with Gasteiger partial charge >= 0.3 is 0 Å². The van der Waals surface area contributed by atoms with E-state index in [1.807, 2.05) is 0 Å². The van der Waals surface area contributed by atoms with Crippen LogP contribution in [0.25, 0.3) is 0 Å². The van der Waals surface area contributed by atoms with Crippen LogP contribution in [-0.4, -0.2) is 25.8 Å². The third-order valence-corrected chi connectivity index (χ3v) is 4.82. The Morgan fingerprint density at radius 1 is 1.07 bits per heavy atom. The monoisotopic (exact) mass is 209 g/mol. The van der Waals surface area contributed by atoms with Gasteiger partial charge in [-0.1, -0.05) is 19.3 Å². The van der Waals surface area contributed by atoms with Crippen LogP contribution in [0.5, 0.6) is 0 Å². The van der Waals surface area contributed by atoms with Gasteiger partial charge in [-0.25, -0.2) is 0 Å².